The van der Waals surface area contributed by atoms with Crippen molar-refractivity contribution in [3.05, 3.63) is 24.3 Å². The van der Waals surface area contributed by atoms with Crippen molar-refractivity contribution in [2.24, 2.45) is 17.3 Å². The first-order chi connectivity index (χ1) is 16.7. The van der Waals surface area contributed by atoms with Crippen LogP contribution in [-0.4, -0.2) is 91.4 Å². The number of likely N-dealkylation sites (tertiary alicyclic amines) is 1. The van der Waals surface area contributed by atoms with Crippen LogP contribution in [0, 0.1) is 17.3 Å². The molecule has 4 heterocycles. The maximum Gasteiger partial charge on any atom is 0.247 e. The molecular weight excluding hydrogens is 474 g/mol. The second kappa shape index (κ2) is 9.19. The molecule has 5 atom stereocenters. The summed E-state index contributed by atoms with van der Waals surface area (Å²) in [6, 6.07) is -0.755. The highest BCUT2D eigenvalue weighted by atomic mass is 32.2. The van der Waals surface area contributed by atoms with E-state index in [0.717, 1.165) is 12.8 Å². The normalized spacial score (nSPS) is 34.6. The zero-order valence-electron chi connectivity index (χ0n) is 22.9. The highest BCUT2D eigenvalue weighted by Crippen LogP contribution is 2.65. The van der Waals surface area contributed by atoms with Gasteiger partial charge in [0.25, 0.3) is 0 Å². The highest BCUT2D eigenvalue weighted by molar-refractivity contribution is 8.02. The Labute approximate surface area is 220 Å². The Kier molecular flexibility index (Phi) is 6.95. The second-order valence-corrected chi connectivity index (χ2v) is 14.6. The third-order valence-electron chi connectivity index (χ3n) is 8.17. The first-order valence-corrected chi connectivity index (χ1v) is 14.1. The highest BCUT2D eigenvalue weighted by Gasteiger charge is 2.74. The van der Waals surface area contributed by atoms with Gasteiger partial charge in [0.1, 0.15) is 6.04 Å². The minimum atomic E-state index is -0.857. The van der Waals surface area contributed by atoms with Gasteiger partial charge in [-0.2, -0.15) is 0 Å². The maximum absolute atomic E-state index is 14.4. The molecule has 0 aromatic carbocycles. The molecule has 2 fully saturated rings. The average molecular weight is 518 g/mol. The molecule has 0 aromatic heterocycles. The SMILES string of the molecule is CCCN1CC=C[C@@]2(C)S[C@]34C=CCN(C(C)(C)CC(C)(C)C)C(=O)C3N(CCO)C(=O)[C@@H]4[C@H]2C1=O. The zero-order valence-corrected chi connectivity index (χ0v) is 23.7. The summed E-state index contributed by atoms with van der Waals surface area (Å²) in [4.78, 5) is 47.8. The number of nitrogens with zero attached hydrogens (tertiary/aromatic N) is 3. The Morgan fingerprint density at radius 3 is 2.25 bits per heavy atom. The minimum Gasteiger partial charge on any atom is -0.395 e. The topological polar surface area (TPSA) is 81.2 Å². The van der Waals surface area contributed by atoms with E-state index in [0.29, 0.717) is 19.6 Å². The number of carbonyl (C=O) groups is 3. The van der Waals surface area contributed by atoms with Gasteiger partial charge in [-0.15, -0.1) is 11.8 Å². The van der Waals surface area contributed by atoms with Gasteiger partial charge in [-0.05, 0) is 39.0 Å². The molecule has 1 spiro atoms. The van der Waals surface area contributed by atoms with E-state index in [1.54, 1.807) is 16.7 Å². The summed E-state index contributed by atoms with van der Waals surface area (Å²) in [7, 11) is 0. The Hall–Kier alpha value is -1.80. The van der Waals surface area contributed by atoms with E-state index in [2.05, 4.69) is 46.8 Å². The lowest BCUT2D eigenvalue weighted by Crippen LogP contribution is -2.59. The Balaban J connectivity index is 1.83. The first kappa shape index (κ1) is 27.2. The standard InChI is InChI=1S/C28H43N3O4S/c1-8-13-29-14-9-11-27(7)19(22(29)33)20-23(34)30(16-17-32)21-24(35)31(15-10-12-28(20,21)36-27)26(5,6)18-25(2,3)4/h9-12,19-21,32H,8,13-18H2,1-7H3/t19-,20-,21?,27+,28-/m0/s1. The molecule has 0 bridgehead atoms. The van der Waals surface area contributed by atoms with Gasteiger partial charge < -0.3 is 19.8 Å². The molecule has 4 rings (SSSR count). The van der Waals surface area contributed by atoms with Crippen LogP contribution in [0.5, 0.6) is 0 Å². The predicted molar refractivity (Wildman–Crippen MR) is 143 cm³/mol. The van der Waals surface area contributed by atoms with E-state index in [1.807, 2.05) is 35.8 Å². The number of aliphatic hydroxyl groups is 1. The van der Waals surface area contributed by atoms with E-state index in [4.69, 9.17) is 0 Å². The number of fused-ring (bicyclic) bond motifs is 2. The van der Waals surface area contributed by atoms with Crippen LogP contribution in [0.15, 0.2) is 24.3 Å². The van der Waals surface area contributed by atoms with E-state index in [-0.39, 0.29) is 36.3 Å². The number of β-amino-alcohol motifs (C(OH)–C–C–N with tert-alkyl or cyclic N) is 1. The predicted octanol–water partition coefficient (Wildman–Crippen LogP) is 3.09. The lowest BCUT2D eigenvalue weighted by Gasteiger charge is -2.44. The lowest BCUT2D eigenvalue weighted by atomic mass is 9.74. The van der Waals surface area contributed by atoms with Crippen molar-refractivity contribution in [1.82, 2.24) is 14.7 Å². The van der Waals surface area contributed by atoms with Crippen molar-refractivity contribution in [2.75, 3.05) is 32.8 Å². The molecule has 1 unspecified atom stereocenters. The van der Waals surface area contributed by atoms with Crippen LogP contribution in [0.4, 0.5) is 0 Å². The summed E-state index contributed by atoms with van der Waals surface area (Å²) in [5, 5.41) is 9.89. The molecule has 4 aliphatic heterocycles. The molecule has 200 valence electrons. The van der Waals surface area contributed by atoms with Crippen LogP contribution in [0.3, 0.4) is 0 Å². The first-order valence-electron chi connectivity index (χ1n) is 13.3. The number of rotatable bonds is 6. The van der Waals surface area contributed by atoms with Crippen LogP contribution in [0.25, 0.3) is 0 Å². The largest absolute Gasteiger partial charge is 0.395 e. The number of hydrogen-bond acceptors (Lipinski definition) is 5. The third kappa shape index (κ3) is 4.22. The Morgan fingerprint density at radius 2 is 1.64 bits per heavy atom. The van der Waals surface area contributed by atoms with Gasteiger partial charge in [-0.1, -0.05) is 52.0 Å². The molecule has 7 nitrogen and oxygen atoms in total. The monoisotopic (exact) mass is 517 g/mol. The number of amides is 3. The van der Waals surface area contributed by atoms with E-state index >= 15 is 0 Å². The maximum atomic E-state index is 14.4. The molecular formula is C28H43N3O4S. The Morgan fingerprint density at radius 1 is 0.972 bits per heavy atom. The van der Waals surface area contributed by atoms with Crippen molar-refractivity contribution in [3.63, 3.8) is 0 Å². The number of thioether (sulfide) groups is 1. The van der Waals surface area contributed by atoms with Crippen LogP contribution >= 0.6 is 11.8 Å². The fourth-order valence-corrected chi connectivity index (χ4v) is 9.49. The van der Waals surface area contributed by atoms with Gasteiger partial charge >= 0.3 is 0 Å². The van der Waals surface area contributed by atoms with Gasteiger partial charge in [-0.3, -0.25) is 14.4 Å². The fourth-order valence-electron chi connectivity index (χ4n) is 7.33. The number of carbonyl (C=O) groups excluding carboxylic acids is 3. The van der Waals surface area contributed by atoms with Crippen molar-refractivity contribution in [2.45, 2.75) is 82.4 Å². The smallest absolute Gasteiger partial charge is 0.247 e. The minimum absolute atomic E-state index is 0.00770. The third-order valence-corrected chi connectivity index (χ3v) is 9.97. The molecule has 4 aliphatic rings. The summed E-state index contributed by atoms with van der Waals surface area (Å²) in [5.74, 6) is -1.49. The fraction of sp³-hybridized carbons (Fsp3) is 0.750. The summed E-state index contributed by atoms with van der Waals surface area (Å²) >= 11 is 1.60. The van der Waals surface area contributed by atoms with Gasteiger partial charge in [0.15, 0.2) is 0 Å². The van der Waals surface area contributed by atoms with Crippen LogP contribution in [-0.2, 0) is 14.4 Å². The van der Waals surface area contributed by atoms with Crippen molar-refractivity contribution < 1.29 is 19.5 Å². The molecule has 2 saturated heterocycles. The van der Waals surface area contributed by atoms with Crippen molar-refractivity contribution in [1.29, 1.82) is 0 Å². The van der Waals surface area contributed by atoms with Gasteiger partial charge in [0.2, 0.25) is 17.7 Å². The molecule has 1 N–H and O–H groups in total. The number of hydrogen-bond donors (Lipinski definition) is 1. The lowest BCUT2D eigenvalue weighted by molar-refractivity contribution is -0.147. The van der Waals surface area contributed by atoms with Gasteiger partial charge in [0.05, 0.1) is 23.2 Å². The second-order valence-electron chi connectivity index (χ2n) is 12.8. The summed E-state index contributed by atoms with van der Waals surface area (Å²) in [6.07, 6.45) is 9.87. The molecule has 0 radical (unpaired) electrons. The molecule has 0 aliphatic carbocycles. The Bertz CT molecular complexity index is 986. The molecule has 0 saturated carbocycles. The molecule has 36 heavy (non-hydrogen) atoms. The zero-order chi connectivity index (χ0) is 26.7. The van der Waals surface area contributed by atoms with Gasteiger partial charge in [0, 0.05) is 36.5 Å². The summed E-state index contributed by atoms with van der Waals surface area (Å²) < 4.78 is -1.45. The quantitative estimate of drug-likeness (QED) is 0.548. The van der Waals surface area contributed by atoms with Crippen LogP contribution in [0.2, 0.25) is 0 Å². The summed E-state index contributed by atoms with van der Waals surface area (Å²) in [6.45, 7) is 16.3. The van der Waals surface area contributed by atoms with Crippen LogP contribution < -0.4 is 0 Å². The average Bonchev–Trinajstić information content (AvgIpc) is 3.00. The molecule has 8 heteroatoms. The van der Waals surface area contributed by atoms with E-state index < -0.39 is 32.9 Å². The number of aliphatic hydroxyl groups excluding tert-OH is 1. The molecule has 3 amide bonds. The molecule has 0 aromatic rings. The van der Waals surface area contributed by atoms with Crippen molar-refractivity contribution >= 4 is 29.5 Å². The van der Waals surface area contributed by atoms with Crippen molar-refractivity contribution in [3.8, 4) is 0 Å². The van der Waals surface area contributed by atoms with E-state index in [1.165, 1.54) is 0 Å². The van der Waals surface area contributed by atoms with Crippen LogP contribution in [0.1, 0.15) is 61.3 Å². The van der Waals surface area contributed by atoms with Gasteiger partial charge in [-0.25, -0.2) is 0 Å². The summed E-state index contributed by atoms with van der Waals surface area (Å²) in [5.41, 5.74) is -0.415. The van der Waals surface area contributed by atoms with E-state index in [9.17, 15) is 19.5 Å².